The first kappa shape index (κ1) is 7.62. The lowest BCUT2D eigenvalue weighted by molar-refractivity contribution is 0.473. The zero-order valence-electron chi connectivity index (χ0n) is 6.21. The van der Waals surface area contributed by atoms with Gasteiger partial charge in [-0.3, -0.25) is 0 Å². The van der Waals surface area contributed by atoms with Crippen molar-refractivity contribution in [1.82, 2.24) is 0 Å². The Labute approximate surface area is 78.8 Å². The molecule has 0 heterocycles. The van der Waals surface area contributed by atoms with Crippen LogP contribution in [0.2, 0.25) is 0 Å². The molecule has 0 aliphatic rings. The van der Waals surface area contributed by atoms with E-state index in [9.17, 15) is 5.11 Å². The number of aromatic hydroxyl groups is 1. The average Bonchev–Trinajstić information content (AvgIpc) is 2.12. The molecule has 1 N–H and O–H groups in total. The van der Waals surface area contributed by atoms with Crippen molar-refractivity contribution in [3.8, 4) is 5.75 Å². The van der Waals surface area contributed by atoms with Crippen molar-refractivity contribution in [2.45, 2.75) is 0 Å². The molecule has 0 saturated heterocycles. The maximum Gasteiger partial charge on any atom is 0.130 e. The lowest BCUT2D eigenvalue weighted by Gasteiger charge is -2.01. The van der Waals surface area contributed by atoms with Crippen LogP contribution in [0.25, 0.3) is 10.8 Å². The van der Waals surface area contributed by atoms with Crippen LogP contribution >= 0.6 is 15.9 Å². The third kappa shape index (κ3) is 1.08. The molecule has 2 heteroatoms. The summed E-state index contributed by atoms with van der Waals surface area (Å²) in [5.74, 6) is 0.266. The number of fused-ring (bicyclic) bond motifs is 1. The highest BCUT2D eigenvalue weighted by Crippen LogP contribution is 2.31. The molecule has 0 bridgehead atoms. The van der Waals surface area contributed by atoms with E-state index in [0.717, 1.165) is 15.2 Å². The van der Waals surface area contributed by atoms with E-state index in [1.807, 2.05) is 24.3 Å². The minimum Gasteiger partial charge on any atom is -0.507 e. The van der Waals surface area contributed by atoms with Gasteiger partial charge in [-0.2, -0.15) is 0 Å². The van der Waals surface area contributed by atoms with E-state index in [0.29, 0.717) is 0 Å². The zero-order chi connectivity index (χ0) is 8.55. The maximum absolute atomic E-state index is 9.36. The predicted molar refractivity (Wildman–Crippen MR) is 52.1 cm³/mol. The lowest BCUT2D eigenvalue weighted by atomic mass is 10.1. The quantitative estimate of drug-likeness (QED) is 0.725. The molecule has 2 aromatic rings. The van der Waals surface area contributed by atoms with Gasteiger partial charge in [-0.1, -0.05) is 24.3 Å². The summed E-state index contributed by atoms with van der Waals surface area (Å²) in [5, 5.41) is 11.3. The number of hydrogen-bond acceptors (Lipinski definition) is 1. The van der Waals surface area contributed by atoms with Crippen molar-refractivity contribution in [3.05, 3.63) is 40.9 Å². The SMILES string of the molecule is Oc1ccc2[c]cccc2c1Br. The standard InChI is InChI=1S/C10H6BrO/c11-10-8-4-2-1-3-7(8)5-6-9(10)12/h1-2,4-6,12H. The summed E-state index contributed by atoms with van der Waals surface area (Å²) in [4.78, 5) is 0. The second-order valence-corrected chi connectivity index (χ2v) is 3.32. The van der Waals surface area contributed by atoms with Crippen molar-refractivity contribution >= 4 is 26.7 Å². The first-order chi connectivity index (χ1) is 5.79. The van der Waals surface area contributed by atoms with Crippen LogP contribution in [0, 0.1) is 6.07 Å². The number of hydrogen-bond donors (Lipinski definition) is 1. The molecular formula is C10H6BrO. The Kier molecular flexibility index (Phi) is 1.77. The summed E-state index contributed by atoms with van der Waals surface area (Å²) in [6.45, 7) is 0. The molecule has 0 aliphatic carbocycles. The molecule has 0 saturated carbocycles. The van der Waals surface area contributed by atoms with Gasteiger partial charge in [0.2, 0.25) is 0 Å². The van der Waals surface area contributed by atoms with Crippen LogP contribution in [0.5, 0.6) is 5.75 Å². The molecule has 0 amide bonds. The minimum absolute atomic E-state index is 0.266. The molecule has 0 atom stereocenters. The fourth-order valence-electron chi connectivity index (χ4n) is 1.15. The van der Waals surface area contributed by atoms with Crippen LogP contribution in [-0.4, -0.2) is 5.11 Å². The van der Waals surface area contributed by atoms with Gasteiger partial charge in [-0.05, 0) is 33.4 Å². The molecule has 1 radical (unpaired) electrons. The third-order valence-electron chi connectivity index (χ3n) is 1.76. The molecule has 59 valence electrons. The topological polar surface area (TPSA) is 20.2 Å². The largest absolute Gasteiger partial charge is 0.507 e. The molecular weight excluding hydrogens is 216 g/mol. The van der Waals surface area contributed by atoms with Crippen LogP contribution in [0.4, 0.5) is 0 Å². The Morgan fingerprint density at radius 3 is 2.92 bits per heavy atom. The van der Waals surface area contributed by atoms with E-state index >= 15 is 0 Å². The molecule has 0 spiro atoms. The Bertz CT molecular complexity index is 423. The Hall–Kier alpha value is -1.02. The van der Waals surface area contributed by atoms with Gasteiger partial charge in [0.25, 0.3) is 0 Å². The van der Waals surface area contributed by atoms with Crippen LogP contribution < -0.4 is 0 Å². The summed E-state index contributed by atoms with van der Waals surface area (Å²) in [6.07, 6.45) is 0. The van der Waals surface area contributed by atoms with Gasteiger partial charge in [0, 0.05) is 5.39 Å². The number of rotatable bonds is 0. The van der Waals surface area contributed by atoms with Gasteiger partial charge in [0.05, 0.1) is 4.47 Å². The number of halogens is 1. The van der Waals surface area contributed by atoms with Crippen LogP contribution in [0.3, 0.4) is 0 Å². The van der Waals surface area contributed by atoms with Crippen LogP contribution in [0.15, 0.2) is 34.8 Å². The second kappa shape index (κ2) is 2.79. The average molecular weight is 222 g/mol. The predicted octanol–water partition coefficient (Wildman–Crippen LogP) is 3.11. The molecule has 0 aromatic heterocycles. The highest BCUT2D eigenvalue weighted by Gasteiger charge is 2.01. The minimum atomic E-state index is 0.266. The highest BCUT2D eigenvalue weighted by molar-refractivity contribution is 9.10. The van der Waals surface area contributed by atoms with E-state index in [1.54, 1.807) is 6.07 Å². The summed E-state index contributed by atoms with van der Waals surface area (Å²) in [6, 6.07) is 12.3. The van der Waals surface area contributed by atoms with E-state index < -0.39 is 0 Å². The van der Waals surface area contributed by atoms with E-state index in [2.05, 4.69) is 22.0 Å². The number of phenolic OH excluding ortho intramolecular Hbond substituents is 1. The van der Waals surface area contributed by atoms with E-state index in [1.165, 1.54) is 0 Å². The van der Waals surface area contributed by atoms with Crippen molar-refractivity contribution in [2.24, 2.45) is 0 Å². The Balaban J connectivity index is 2.91. The van der Waals surface area contributed by atoms with Crippen LogP contribution in [-0.2, 0) is 0 Å². The van der Waals surface area contributed by atoms with Gasteiger partial charge < -0.3 is 5.11 Å². The van der Waals surface area contributed by atoms with E-state index in [4.69, 9.17) is 0 Å². The molecule has 12 heavy (non-hydrogen) atoms. The first-order valence-electron chi connectivity index (χ1n) is 3.57. The van der Waals surface area contributed by atoms with Crippen LogP contribution in [0.1, 0.15) is 0 Å². The molecule has 0 aliphatic heterocycles. The lowest BCUT2D eigenvalue weighted by Crippen LogP contribution is -1.74. The second-order valence-electron chi connectivity index (χ2n) is 2.53. The number of phenols is 1. The summed E-state index contributed by atoms with van der Waals surface area (Å²) in [7, 11) is 0. The van der Waals surface area contributed by atoms with Gasteiger partial charge in [-0.25, -0.2) is 0 Å². The Morgan fingerprint density at radius 2 is 2.08 bits per heavy atom. The Morgan fingerprint density at radius 1 is 1.25 bits per heavy atom. The molecule has 0 fully saturated rings. The van der Waals surface area contributed by atoms with Crippen molar-refractivity contribution in [3.63, 3.8) is 0 Å². The summed E-state index contributed by atoms with van der Waals surface area (Å²) < 4.78 is 0.733. The third-order valence-corrected chi connectivity index (χ3v) is 2.59. The maximum atomic E-state index is 9.36. The zero-order valence-corrected chi connectivity index (χ0v) is 7.80. The summed E-state index contributed by atoms with van der Waals surface area (Å²) in [5.41, 5.74) is 0. The first-order valence-corrected chi connectivity index (χ1v) is 4.36. The van der Waals surface area contributed by atoms with Gasteiger partial charge in [-0.15, -0.1) is 0 Å². The fraction of sp³-hybridized carbons (Fsp3) is 0. The molecule has 2 aromatic carbocycles. The number of benzene rings is 2. The smallest absolute Gasteiger partial charge is 0.130 e. The normalized spacial score (nSPS) is 10.4. The van der Waals surface area contributed by atoms with Gasteiger partial charge in [0.1, 0.15) is 5.75 Å². The van der Waals surface area contributed by atoms with E-state index in [-0.39, 0.29) is 5.75 Å². The fourth-order valence-corrected chi connectivity index (χ4v) is 1.63. The van der Waals surface area contributed by atoms with Crippen molar-refractivity contribution in [2.75, 3.05) is 0 Å². The molecule has 2 rings (SSSR count). The van der Waals surface area contributed by atoms with Gasteiger partial charge >= 0.3 is 0 Å². The highest BCUT2D eigenvalue weighted by atomic mass is 79.9. The molecule has 0 unspecified atom stereocenters. The van der Waals surface area contributed by atoms with Gasteiger partial charge in [0.15, 0.2) is 0 Å². The summed E-state index contributed by atoms with van der Waals surface area (Å²) >= 11 is 3.31. The molecule has 1 nitrogen and oxygen atoms in total. The van der Waals surface area contributed by atoms with Crippen molar-refractivity contribution in [1.29, 1.82) is 0 Å². The monoisotopic (exact) mass is 221 g/mol. The van der Waals surface area contributed by atoms with Crippen molar-refractivity contribution < 1.29 is 5.11 Å².